The highest BCUT2D eigenvalue weighted by Gasteiger charge is 2.45. The smallest absolute Gasteiger partial charge is 0.411 e. The van der Waals surface area contributed by atoms with Gasteiger partial charge in [-0.1, -0.05) is 44.2 Å². The molecule has 1 rings (SSSR count). The number of nitrogens with zero attached hydrogens (tertiary/aromatic N) is 2. The number of nitriles is 1. The summed E-state index contributed by atoms with van der Waals surface area (Å²) in [5, 5.41) is 9.70. The average molecular weight is 360 g/mol. The summed E-state index contributed by atoms with van der Waals surface area (Å²) in [5.74, 6) is -0.820. The van der Waals surface area contributed by atoms with Crippen LogP contribution in [0.25, 0.3) is 0 Å². The zero-order chi connectivity index (χ0) is 19.4. The SMILES string of the molecule is CCCN(CCC)C(=O)OC(C#N)(CCc1ccccc1)C(=O)OCC. The van der Waals surface area contributed by atoms with Crippen molar-refractivity contribution in [3.8, 4) is 6.07 Å². The van der Waals surface area contributed by atoms with Crippen molar-refractivity contribution in [3.05, 3.63) is 35.9 Å². The summed E-state index contributed by atoms with van der Waals surface area (Å²) in [6.45, 7) is 6.69. The van der Waals surface area contributed by atoms with Crippen molar-refractivity contribution in [1.82, 2.24) is 4.90 Å². The molecule has 26 heavy (non-hydrogen) atoms. The number of hydrogen-bond acceptors (Lipinski definition) is 5. The fourth-order valence-corrected chi connectivity index (χ4v) is 2.58. The largest absolute Gasteiger partial charge is 0.462 e. The first-order valence-electron chi connectivity index (χ1n) is 9.13. The highest BCUT2D eigenvalue weighted by atomic mass is 16.6. The molecule has 1 atom stereocenters. The molecular formula is C20H28N2O4. The molecule has 0 bridgehead atoms. The third-order valence-electron chi connectivity index (χ3n) is 3.90. The lowest BCUT2D eigenvalue weighted by atomic mass is 9.96. The third kappa shape index (κ3) is 6.07. The Morgan fingerprint density at radius 3 is 2.23 bits per heavy atom. The van der Waals surface area contributed by atoms with Gasteiger partial charge in [0.05, 0.1) is 6.61 Å². The Labute approximate surface area is 155 Å². The highest BCUT2D eigenvalue weighted by molar-refractivity contribution is 5.86. The van der Waals surface area contributed by atoms with Crippen LogP contribution in [0.5, 0.6) is 0 Å². The van der Waals surface area contributed by atoms with Gasteiger partial charge in [-0.25, -0.2) is 9.59 Å². The van der Waals surface area contributed by atoms with E-state index in [0.29, 0.717) is 19.5 Å². The fourth-order valence-electron chi connectivity index (χ4n) is 2.58. The normalized spacial score (nSPS) is 12.5. The summed E-state index contributed by atoms with van der Waals surface area (Å²) < 4.78 is 10.5. The van der Waals surface area contributed by atoms with Gasteiger partial charge in [-0.2, -0.15) is 5.26 Å². The molecular weight excluding hydrogens is 332 g/mol. The number of esters is 1. The molecule has 1 amide bonds. The van der Waals surface area contributed by atoms with Crippen molar-refractivity contribution in [2.24, 2.45) is 0 Å². The van der Waals surface area contributed by atoms with Crippen LogP contribution < -0.4 is 0 Å². The predicted molar refractivity (Wildman–Crippen MR) is 98.4 cm³/mol. The molecule has 0 heterocycles. The molecule has 1 aromatic carbocycles. The van der Waals surface area contributed by atoms with Crippen LogP contribution in [0.1, 0.15) is 45.6 Å². The number of carbonyl (C=O) groups excluding carboxylic acids is 2. The van der Waals surface area contributed by atoms with Gasteiger partial charge in [0.1, 0.15) is 6.07 Å². The summed E-state index contributed by atoms with van der Waals surface area (Å²) in [7, 11) is 0. The molecule has 0 aliphatic rings. The molecule has 0 aliphatic heterocycles. The Kier molecular flexibility index (Phi) is 9.21. The Morgan fingerprint density at radius 1 is 1.12 bits per heavy atom. The van der Waals surface area contributed by atoms with E-state index in [1.54, 1.807) is 6.92 Å². The maximum Gasteiger partial charge on any atom is 0.411 e. The number of benzene rings is 1. The molecule has 6 nitrogen and oxygen atoms in total. The van der Waals surface area contributed by atoms with Crippen LogP contribution in [-0.2, 0) is 20.7 Å². The third-order valence-corrected chi connectivity index (χ3v) is 3.90. The van der Waals surface area contributed by atoms with Crippen LogP contribution in [-0.4, -0.2) is 42.3 Å². The van der Waals surface area contributed by atoms with Crippen molar-refractivity contribution in [1.29, 1.82) is 5.26 Å². The zero-order valence-corrected chi connectivity index (χ0v) is 15.9. The molecule has 142 valence electrons. The van der Waals surface area contributed by atoms with Gasteiger partial charge in [-0.05, 0) is 31.7 Å². The number of amides is 1. The van der Waals surface area contributed by atoms with Crippen LogP contribution in [0.2, 0.25) is 0 Å². The monoisotopic (exact) mass is 360 g/mol. The van der Waals surface area contributed by atoms with E-state index in [2.05, 4.69) is 0 Å². The first-order chi connectivity index (χ1) is 12.5. The van der Waals surface area contributed by atoms with E-state index in [4.69, 9.17) is 9.47 Å². The van der Waals surface area contributed by atoms with E-state index in [1.165, 1.54) is 4.90 Å². The summed E-state index contributed by atoms with van der Waals surface area (Å²) in [5.41, 5.74) is -0.991. The Bertz CT molecular complexity index is 606. The molecule has 0 saturated heterocycles. The van der Waals surface area contributed by atoms with E-state index >= 15 is 0 Å². The minimum absolute atomic E-state index is 0.0458. The van der Waals surface area contributed by atoms with Gasteiger partial charge >= 0.3 is 12.1 Å². The van der Waals surface area contributed by atoms with Gasteiger partial charge < -0.3 is 14.4 Å². The molecule has 0 spiro atoms. The fraction of sp³-hybridized carbons (Fsp3) is 0.550. The number of rotatable bonds is 10. The molecule has 0 N–H and O–H groups in total. The van der Waals surface area contributed by atoms with Crippen molar-refractivity contribution in [2.75, 3.05) is 19.7 Å². The number of aryl methyl sites for hydroxylation is 1. The minimum atomic E-state index is -1.94. The predicted octanol–water partition coefficient (Wildman–Crippen LogP) is 3.70. The number of hydrogen-bond donors (Lipinski definition) is 0. The second-order valence-electron chi connectivity index (χ2n) is 6.00. The summed E-state index contributed by atoms with van der Waals surface area (Å²) >= 11 is 0. The first kappa shape index (κ1) is 21.5. The second kappa shape index (κ2) is 11.1. The lowest BCUT2D eigenvalue weighted by Crippen LogP contribution is -2.47. The van der Waals surface area contributed by atoms with Crippen molar-refractivity contribution >= 4 is 12.1 Å². The lowest BCUT2D eigenvalue weighted by Gasteiger charge is -2.28. The topological polar surface area (TPSA) is 79.6 Å². The van der Waals surface area contributed by atoms with Crippen LogP contribution in [0.15, 0.2) is 30.3 Å². The molecule has 0 radical (unpaired) electrons. The molecule has 0 aliphatic carbocycles. The molecule has 1 unspecified atom stereocenters. The quantitative estimate of drug-likeness (QED) is 0.594. The molecule has 0 fully saturated rings. The first-order valence-corrected chi connectivity index (χ1v) is 9.13. The number of carbonyl (C=O) groups is 2. The zero-order valence-electron chi connectivity index (χ0n) is 15.9. The van der Waals surface area contributed by atoms with Gasteiger partial charge in [0.25, 0.3) is 5.60 Å². The van der Waals surface area contributed by atoms with Gasteiger partial charge in [0.2, 0.25) is 0 Å². The molecule has 1 aromatic rings. The van der Waals surface area contributed by atoms with Gasteiger partial charge in [-0.15, -0.1) is 0 Å². The molecule has 0 aromatic heterocycles. The molecule has 6 heteroatoms. The lowest BCUT2D eigenvalue weighted by molar-refractivity contribution is -0.160. The maximum absolute atomic E-state index is 12.6. The van der Waals surface area contributed by atoms with Crippen molar-refractivity contribution in [3.63, 3.8) is 0 Å². The standard InChI is InChI=1S/C20H28N2O4/c1-4-14-22(15-5-2)19(24)26-20(16-21,18(23)25-6-3)13-12-17-10-8-7-9-11-17/h7-11H,4-6,12-15H2,1-3H3. The summed E-state index contributed by atoms with van der Waals surface area (Å²) in [6, 6.07) is 11.3. The van der Waals surface area contributed by atoms with E-state index in [0.717, 1.165) is 18.4 Å². The Morgan fingerprint density at radius 2 is 1.73 bits per heavy atom. The van der Waals surface area contributed by atoms with E-state index in [-0.39, 0.29) is 13.0 Å². The Hall–Kier alpha value is -2.55. The van der Waals surface area contributed by atoms with Crippen molar-refractivity contribution < 1.29 is 19.1 Å². The molecule has 0 saturated carbocycles. The van der Waals surface area contributed by atoms with E-state index in [1.807, 2.05) is 50.2 Å². The summed E-state index contributed by atoms with van der Waals surface area (Å²) in [4.78, 5) is 26.5. The van der Waals surface area contributed by atoms with Crippen molar-refractivity contribution in [2.45, 2.75) is 52.1 Å². The second-order valence-corrected chi connectivity index (χ2v) is 6.00. The van der Waals surface area contributed by atoms with Crippen LogP contribution in [0.3, 0.4) is 0 Å². The van der Waals surface area contributed by atoms with E-state index < -0.39 is 17.7 Å². The van der Waals surface area contributed by atoms with Crippen LogP contribution in [0.4, 0.5) is 4.79 Å². The number of ether oxygens (including phenoxy) is 2. The highest BCUT2D eigenvalue weighted by Crippen LogP contribution is 2.22. The average Bonchev–Trinajstić information content (AvgIpc) is 2.66. The van der Waals surface area contributed by atoms with Crippen LogP contribution in [0, 0.1) is 11.3 Å². The summed E-state index contributed by atoms with van der Waals surface area (Å²) in [6.07, 6.45) is 1.33. The van der Waals surface area contributed by atoms with Gasteiger partial charge in [-0.3, -0.25) is 0 Å². The Balaban J connectivity index is 3.00. The van der Waals surface area contributed by atoms with Gasteiger partial charge in [0.15, 0.2) is 0 Å². The minimum Gasteiger partial charge on any atom is -0.462 e. The van der Waals surface area contributed by atoms with E-state index in [9.17, 15) is 14.9 Å². The van der Waals surface area contributed by atoms with Crippen LogP contribution >= 0.6 is 0 Å². The maximum atomic E-state index is 12.6. The van der Waals surface area contributed by atoms with Gasteiger partial charge in [0, 0.05) is 19.5 Å².